The Kier molecular flexibility index (Phi) is 4.19. The molecule has 0 atom stereocenters. The summed E-state index contributed by atoms with van der Waals surface area (Å²) < 4.78 is 11.3. The maximum atomic E-state index is 9.43. The van der Waals surface area contributed by atoms with E-state index in [1.54, 1.807) is 0 Å². The van der Waals surface area contributed by atoms with E-state index >= 15 is 0 Å². The highest BCUT2D eigenvalue weighted by molar-refractivity contribution is 6.24. The minimum absolute atomic E-state index is 0.610. The van der Waals surface area contributed by atoms with Crippen LogP contribution in [-0.2, 0) is 4.74 Å². The number of hydrogen-bond acceptors (Lipinski definition) is 5. The van der Waals surface area contributed by atoms with Gasteiger partial charge in [0, 0.05) is 30.8 Å². The lowest BCUT2D eigenvalue weighted by molar-refractivity contribution is 0.0322. The Hall–Kier alpha value is -2.37. The van der Waals surface area contributed by atoms with E-state index in [1.165, 1.54) is 0 Å². The Morgan fingerprint density at radius 2 is 1.75 bits per heavy atom. The Morgan fingerprint density at radius 1 is 1.00 bits per heavy atom. The Balaban J connectivity index is 1.49. The van der Waals surface area contributed by atoms with Crippen molar-refractivity contribution in [2.75, 3.05) is 39.5 Å². The van der Waals surface area contributed by atoms with Crippen molar-refractivity contribution in [1.82, 2.24) is 4.90 Å². The molecule has 124 valence electrons. The smallest absolute Gasteiger partial charge is 0.120 e. The minimum atomic E-state index is 0.610. The van der Waals surface area contributed by atoms with Gasteiger partial charge >= 0.3 is 0 Å². The molecule has 24 heavy (non-hydrogen) atoms. The van der Waals surface area contributed by atoms with Crippen LogP contribution in [0.3, 0.4) is 0 Å². The van der Waals surface area contributed by atoms with Gasteiger partial charge in [0.1, 0.15) is 18.1 Å². The highest BCUT2D eigenvalue weighted by atomic mass is 16.5. The molecule has 1 saturated heterocycles. The number of benzene rings is 2. The van der Waals surface area contributed by atoms with E-state index in [1.807, 2.05) is 42.5 Å². The Bertz CT molecular complexity index is 767. The monoisotopic (exact) mass is 324 g/mol. The Labute approximate surface area is 141 Å². The molecule has 0 unspecified atom stereocenters. The van der Waals surface area contributed by atoms with Crippen LogP contribution in [0.5, 0.6) is 5.75 Å². The van der Waals surface area contributed by atoms with Gasteiger partial charge in [-0.25, -0.2) is 0 Å². The number of ether oxygens (including phenoxy) is 2. The van der Waals surface area contributed by atoms with Gasteiger partial charge in [0.05, 0.1) is 13.2 Å². The van der Waals surface area contributed by atoms with Crippen LogP contribution in [0.2, 0.25) is 0 Å². The summed E-state index contributed by atoms with van der Waals surface area (Å²) in [5, 5.41) is 12.9. The number of fused-ring (bicyclic) bond motifs is 3. The first-order chi connectivity index (χ1) is 11.9. The second-order valence-corrected chi connectivity index (χ2v) is 6.00. The summed E-state index contributed by atoms with van der Waals surface area (Å²) in [6, 6.07) is 14.0. The summed E-state index contributed by atoms with van der Waals surface area (Å²) in [6.45, 7) is 5.05. The van der Waals surface area contributed by atoms with E-state index in [4.69, 9.17) is 9.47 Å². The molecule has 2 aromatic carbocycles. The molecular formula is C19H20N2O3. The fourth-order valence-corrected chi connectivity index (χ4v) is 3.34. The van der Waals surface area contributed by atoms with Gasteiger partial charge in [-0.3, -0.25) is 4.90 Å². The largest absolute Gasteiger partial charge is 0.492 e. The zero-order valence-corrected chi connectivity index (χ0v) is 13.4. The van der Waals surface area contributed by atoms with Crippen molar-refractivity contribution in [3.63, 3.8) is 0 Å². The fourth-order valence-electron chi connectivity index (χ4n) is 3.34. The number of hydrogen-bond donors (Lipinski definition) is 1. The summed E-state index contributed by atoms with van der Waals surface area (Å²) in [6.07, 6.45) is 0. The predicted octanol–water partition coefficient (Wildman–Crippen LogP) is 2.60. The van der Waals surface area contributed by atoms with Crippen LogP contribution in [0.1, 0.15) is 11.1 Å². The topological polar surface area (TPSA) is 54.3 Å². The van der Waals surface area contributed by atoms with Gasteiger partial charge in [0.15, 0.2) is 0 Å². The number of morpholine rings is 1. The molecule has 2 aromatic rings. The summed E-state index contributed by atoms with van der Waals surface area (Å²) >= 11 is 0. The molecule has 4 rings (SSSR count). The van der Waals surface area contributed by atoms with Crippen LogP contribution in [0.4, 0.5) is 0 Å². The van der Waals surface area contributed by atoms with Gasteiger partial charge in [-0.15, -0.1) is 0 Å². The average molecular weight is 324 g/mol. The predicted molar refractivity (Wildman–Crippen MR) is 92.1 cm³/mol. The van der Waals surface area contributed by atoms with Gasteiger partial charge < -0.3 is 14.7 Å². The molecule has 1 aliphatic heterocycles. The third-order valence-corrected chi connectivity index (χ3v) is 4.60. The summed E-state index contributed by atoms with van der Waals surface area (Å²) in [5.74, 6) is 0.802. The van der Waals surface area contributed by atoms with Crippen LogP contribution >= 0.6 is 0 Å². The molecule has 2 aliphatic rings. The minimum Gasteiger partial charge on any atom is -0.492 e. The third kappa shape index (κ3) is 2.77. The first-order valence-electron chi connectivity index (χ1n) is 8.26. The van der Waals surface area contributed by atoms with Crippen molar-refractivity contribution in [2.24, 2.45) is 5.16 Å². The molecular weight excluding hydrogens is 304 g/mol. The van der Waals surface area contributed by atoms with Crippen molar-refractivity contribution >= 4 is 5.71 Å². The van der Waals surface area contributed by atoms with E-state index in [0.717, 1.165) is 60.9 Å². The molecule has 5 heteroatoms. The van der Waals surface area contributed by atoms with Crippen LogP contribution in [0, 0.1) is 0 Å². The summed E-state index contributed by atoms with van der Waals surface area (Å²) in [4.78, 5) is 2.34. The highest BCUT2D eigenvalue weighted by Crippen LogP contribution is 2.38. The molecule has 0 amide bonds. The maximum Gasteiger partial charge on any atom is 0.120 e. The lowest BCUT2D eigenvalue weighted by Crippen LogP contribution is -2.38. The van der Waals surface area contributed by atoms with E-state index < -0.39 is 0 Å². The van der Waals surface area contributed by atoms with E-state index in [-0.39, 0.29) is 0 Å². The molecule has 5 nitrogen and oxygen atoms in total. The molecule has 0 radical (unpaired) electrons. The van der Waals surface area contributed by atoms with Crippen molar-refractivity contribution in [3.8, 4) is 16.9 Å². The van der Waals surface area contributed by atoms with Crippen LogP contribution in [-0.4, -0.2) is 55.3 Å². The molecule has 1 heterocycles. The molecule has 1 N–H and O–H groups in total. The van der Waals surface area contributed by atoms with Crippen molar-refractivity contribution in [1.29, 1.82) is 0 Å². The summed E-state index contributed by atoms with van der Waals surface area (Å²) in [7, 11) is 0. The van der Waals surface area contributed by atoms with Gasteiger partial charge in [-0.05, 0) is 29.3 Å². The van der Waals surface area contributed by atoms with Gasteiger partial charge in [0.2, 0.25) is 0 Å². The number of rotatable bonds is 4. The van der Waals surface area contributed by atoms with Crippen molar-refractivity contribution in [2.45, 2.75) is 0 Å². The van der Waals surface area contributed by atoms with Crippen LogP contribution < -0.4 is 4.74 Å². The van der Waals surface area contributed by atoms with E-state index in [0.29, 0.717) is 12.3 Å². The molecule has 0 saturated carbocycles. The zero-order chi connectivity index (χ0) is 16.4. The number of nitrogens with zero attached hydrogens (tertiary/aromatic N) is 2. The van der Waals surface area contributed by atoms with Gasteiger partial charge in [0.25, 0.3) is 0 Å². The Morgan fingerprint density at radius 3 is 2.54 bits per heavy atom. The normalized spacial score (nSPS) is 18.4. The van der Waals surface area contributed by atoms with Gasteiger partial charge in [-0.2, -0.15) is 0 Å². The average Bonchev–Trinajstić information content (AvgIpc) is 2.95. The first kappa shape index (κ1) is 15.2. The summed E-state index contributed by atoms with van der Waals surface area (Å²) in [5.41, 5.74) is 4.67. The number of oxime groups is 1. The molecule has 1 fully saturated rings. The maximum absolute atomic E-state index is 9.43. The fraction of sp³-hybridized carbons (Fsp3) is 0.316. The first-order valence-corrected chi connectivity index (χ1v) is 8.26. The lowest BCUT2D eigenvalue weighted by Gasteiger charge is -2.26. The van der Waals surface area contributed by atoms with Crippen LogP contribution in [0.25, 0.3) is 11.1 Å². The lowest BCUT2D eigenvalue weighted by atomic mass is 10.1. The van der Waals surface area contributed by atoms with Gasteiger partial charge in [-0.1, -0.05) is 29.4 Å². The van der Waals surface area contributed by atoms with Crippen molar-refractivity contribution in [3.05, 3.63) is 53.6 Å². The second kappa shape index (κ2) is 6.63. The zero-order valence-electron chi connectivity index (χ0n) is 13.4. The standard InChI is InChI=1S/C19H20N2O3/c22-20-19-17-4-2-1-3-15(17)16-6-5-14(13-18(16)19)24-12-9-21-7-10-23-11-8-21/h1-6,13,22H,7-12H2/b20-19+. The highest BCUT2D eigenvalue weighted by Gasteiger charge is 2.25. The van der Waals surface area contributed by atoms with E-state index in [2.05, 4.69) is 10.1 Å². The second-order valence-electron chi connectivity index (χ2n) is 6.00. The van der Waals surface area contributed by atoms with Crippen molar-refractivity contribution < 1.29 is 14.7 Å². The molecule has 1 aliphatic carbocycles. The third-order valence-electron chi connectivity index (χ3n) is 4.60. The molecule has 0 aromatic heterocycles. The molecule has 0 bridgehead atoms. The van der Waals surface area contributed by atoms with E-state index in [9.17, 15) is 5.21 Å². The SMILES string of the molecule is O/N=C1\c2ccccc2-c2ccc(OCCN3CCOCC3)cc21. The van der Waals surface area contributed by atoms with Crippen LogP contribution in [0.15, 0.2) is 47.6 Å². The molecule has 0 spiro atoms. The quantitative estimate of drug-likeness (QED) is 0.592.